The van der Waals surface area contributed by atoms with Gasteiger partial charge in [0.25, 0.3) is 0 Å². The molecule has 0 saturated heterocycles. The molecule has 0 atom stereocenters. The summed E-state index contributed by atoms with van der Waals surface area (Å²) in [6, 6.07) is 10.4. The second kappa shape index (κ2) is 8.56. The van der Waals surface area contributed by atoms with E-state index in [2.05, 4.69) is 76.4 Å². The van der Waals surface area contributed by atoms with E-state index in [-0.39, 0.29) is 0 Å². The number of nitrogens with one attached hydrogen (secondary N) is 1. The molecule has 1 N–H and O–H groups in total. The van der Waals surface area contributed by atoms with Crippen LogP contribution in [0.25, 0.3) is 17.6 Å². The molecule has 0 unspecified atom stereocenters. The molecule has 0 aliphatic rings. The highest BCUT2D eigenvalue weighted by atomic mass is 15.5. The van der Waals surface area contributed by atoms with E-state index in [0.29, 0.717) is 5.82 Å². The fraction of sp³-hybridized carbons (Fsp3) is 0.400. The van der Waals surface area contributed by atoms with Gasteiger partial charge in [-0.25, -0.2) is 0 Å². The number of tetrazole rings is 1. The van der Waals surface area contributed by atoms with E-state index in [0.717, 1.165) is 36.3 Å². The molecular weight excluding hydrogens is 324 g/mol. The van der Waals surface area contributed by atoms with Gasteiger partial charge in [0, 0.05) is 5.56 Å². The first kappa shape index (κ1) is 18.0. The van der Waals surface area contributed by atoms with Gasteiger partial charge < -0.3 is 0 Å². The first-order valence-corrected chi connectivity index (χ1v) is 9.27. The van der Waals surface area contributed by atoms with Gasteiger partial charge in [-0.1, -0.05) is 56.2 Å². The standard InChI is InChI=1S/C20H26N6/c1-4-6-10-15(3)13-18-17(5-2)19(20-21-24-25-22-20)23-26(18)14-16-11-8-7-9-12-16/h7-9,11-13H,4-6,10,14H2,1-3H3,(H,21,22,24,25)/b15-13+. The van der Waals surface area contributed by atoms with Crippen LogP contribution in [-0.2, 0) is 13.0 Å². The number of hydrogen-bond donors (Lipinski definition) is 1. The SMILES string of the molecule is CCCC/C(C)=C/c1c(CC)c(-c2nn[nH]n2)nn1Cc1ccccc1. The summed E-state index contributed by atoms with van der Waals surface area (Å²) in [5.41, 5.74) is 5.71. The number of rotatable bonds is 8. The van der Waals surface area contributed by atoms with Gasteiger partial charge in [0.15, 0.2) is 0 Å². The first-order chi connectivity index (χ1) is 12.7. The van der Waals surface area contributed by atoms with E-state index in [4.69, 9.17) is 5.10 Å². The molecule has 0 amide bonds. The highest BCUT2D eigenvalue weighted by Crippen LogP contribution is 2.26. The van der Waals surface area contributed by atoms with E-state index >= 15 is 0 Å². The minimum Gasteiger partial charge on any atom is -0.260 e. The second-order valence-electron chi connectivity index (χ2n) is 6.54. The van der Waals surface area contributed by atoms with Crippen LogP contribution in [0, 0.1) is 0 Å². The summed E-state index contributed by atoms with van der Waals surface area (Å²) in [4.78, 5) is 0. The molecule has 0 aliphatic heterocycles. The smallest absolute Gasteiger partial charge is 0.225 e. The van der Waals surface area contributed by atoms with Crippen LogP contribution < -0.4 is 0 Å². The molecule has 0 aliphatic carbocycles. The minimum atomic E-state index is 0.550. The Hall–Kier alpha value is -2.76. The van der Waals surface area contributed by atoms with E-state index < -0.39 is 0 Å². The van der Waals surface area contributed by atoms with Crippen molar-refractivity contribution in [1.29, 1.82) is 0 Å². The summed E-state index contributed by atoms with van der Waals surface area (Å²) in [7, 11) is 0. The van der Waals surface area contributed by atoms with E-state index in [9.17, 15) is 0 Å². The van der Waals surface area contributed by atoms with Crippen molar-refractivity contribution in [3.63, 3.8) is 0 Å². The number of unbranched alkanes of at least 4 members (excludes halogenated alkanes) is 1. The lowest BCUT2D eigenvalue weighted by Gasteiger charge is -2.08. The third kappa shape index (κ3) is 4.07. The number of aromatic nitrogens is 6. The molecule has 136 valence electrons. The molecule has 6 heteroatoms. The number of H-pyrrole nitrogens is 1. The van der Waals surface area contributed by atoms with Crippen LogP contribution in [0.5, 0.6) is 0 Å². The Morgan fingerprint density at radius 3 is 2.65 bits per heavy atom. The van der Waals surface area contributed by atoms with Crippen molar-refractivity contribution in [3.8, 4) is 11.5 Å². The van der Waals surface area contributed by atoms with Gasteiger partial charge in [0.2, 0.25) is 5.82 Å². The van der Waals surface area contributed by atoms with Crippen molar-refractivity contribution in [2.24, 2.45) is 0 Å². The van der Waals surface area contributed by atoms with E-state index in [1.54, 1.807) is 0 Å². The van der Waals surface area contributed by atoms with E-state index in [1.165, 1.54) is 24.0 Å². The molecule has 3 rings (SSSR count). The molecule has 2 aromatic heterocycles. The van der Waals surface area contributed by atoms with Crippen LogP contribution in [0.4, 0.5) is 0 Å². The van der Waals surface area contributed by atoms with Gasteiger partial charge in [-0.2, -0.15) is 10.3 Å². The van der Waals surface area contributed by atoms with Crippen molar-refractivity contribution < 1.29 is 0 Å². The van der Waals surface area contributed by atoms with Gasteiger partial charge in [-0.05, 0) is 43.0 Å². The van der Waals surface area contributed by atoms with E-state index in [1.807, 2.05) is 6.07 Å². The topological polar surface area (TPSA) is 72.3 Å². The Kier molecular flexibility index (Phi) is 5.94. The Morgan fingerprint density at radius 2 is 2.00 bits per heavy atom. The van der Waals surface area contributed by atoms with Crippen LogP contribution in [0.2, 0.25) is 0 Å². The Balaban J connectivity index is 2.05. The predicted molar refractivity (Wildman–Crippen MR) is 103 cm³/mol. The normalized spacial score (nSPS) is 11.9. The zero-order chi connectivity index (χ0) is 18.4. The lowest BCUT2D eigenvalue weighted by molar-refractivity contribution is 0.679. The van der Waals surface area contributed by atoms with Crippen LogP contribution in [-0.4, -0.2) is 30.4 Å². The molecule has 6 nitrogen and oxygen atoms in total. The maximum atomic E-state index is 4.84. The molecule has 2 heterocycles. The molecule has 26 heavy (non-hydrogen) atoms. The second-order valence-corrected chi connectivity index (χ2v) is 6.54. The van der Waals surface area contributed by atoms with Gasteiger partial charge in [0.1, 0.15) is 5.69 Å². The summed E-state index contributed by atoms with van der Waals surface area (Å²) in [6.45, 7) is 7.28. The van der Waals surface area contributed by atoms with Gasteiger partial charge >= 0.3 is 0 Å². The molecule has 0 radical (unpaired) electrons. The van der Waals surface area contributed by atoms with Crippen LogP contribution >= 0.6 is 0 Å². The zero-order valence-electron chi connectivity index (χ0n) is 15.7. The molecular formula is C20H26N6. The summed E-state index contributed by atoms with van der Waals surface area (Å²) >= 11 is 0. The average molecular weight is 350 g/mol. The van der Waals surface area contributed by atoms with Crippen molar-refractivity contribution in [1.82, 2.24) is 30.4 Å². The number of hydrogen-bond acceptors (Lipinski definition) is 4. The average Bonchev–Trinajstić information content (AvgIpc) is 3.29. The highest BCUT2D eigenvalue weighted by Gasteiger charge is 2.19. The summed E-state index contributed by atoms with van der Waals surface area (Å²) in [6.07, 6.45) is 6.64. The fourth-order valence-corrected chi connectivity index (χ4v) is 3.10. The number of nitrogens with zero attached hydrogens (tertiary/aromatic N) is 5. The maximum absolute atomic E-state index is 4.84. The molecule has 3 aromatic rings. The highest BCUT2D eigenvalue weighted by molar-refractivity contribution is 5.64. The van der Waals surface area contributed by atoms with Crippen LogP contribution in [0.3, 0.4) is 0 Å². The number of aromatic amines is 1. The predicted octanol–water partition coefficient (Wildman–Crippen LogP) is 4.27. The number of benzene rings is 1. The van der Waals surface area contributed by atoms with Crippen molar-refractivity contribution in [2.45, 2.75) is 53.0 Å². The van der Waals surface area contributed by atoms with Crippen LogP contribution in [0.15, 0.2) is 35.9 Å². The minimum absolute atomic E-state index is 0.550. The lowest BCUT2D eigenvalue weighted by Crippen LogP contribution is -2.05. The lowest BCUT2D eigenvalue weighted by atomic mass is 10.0. The summed E-state index contributed by atoms with van der Waals surface area (Å²) in [5, 5.41) is 19.4. The summed E-state index contributed by atoms with van der Waals surface area (Å²) < 4.78 is 2.06. The molecule has 0 spiro atoms. The van der Waals surface area contributed by atoms with Gasteiger partial charge in [-0.3, -0.25) is 4.68 Å². The first-order valence-electron chi connectivity index (χ1n) is 9.27. The fourth-order valence-electron chi connectivity index (χ4n) is 3.10. The van der Waals surface area contributed by atoms with Crippen LogP contribution in [0.1, 0.15) is 56.9 Å². The Bertz CT molecular complexity index is 846. The quantitative estimate of drug-likeness (QED) is 0.658. The summed E-state index contributed by atoms with van der Waals surface area (Å²) in [5.74, 6) is 0.550. The van der Waals surface area contributed by atoms with Crippen molar-refractivity contribution >= 4 is 6.08 Å². The van der Waals surface area contributed by atoms with Gasteiger partial charge in [-0.15, -0.1) is 10.2 Å². The third-order valence-electron chi connectivity index (χ3n) is 4.49. The molecule has 0 saturated carbocycles. The maximum Gasteiger partial charge on any atom is 0.225 e. The molecule has 1 aromatic carbocycles. The third-order valence-corrected chi connectivity index (χ3v) is 4.49. The number of allylic oxidation sites excluding steroid dienone is 1. The Morgan fingerprint density at radius 1 is 1.19 bits per heavy atom. The largest absolute Gasteiger partial charge is 0.260 e. The Labute approximate surface area is 154 Å². The molecule has 0 fully saturated rings. The zero-order valence-corrected chi connectivity index (χ0v) is 15.7. The monoisotopic (exact) mass is 350 g/mol. The van der Waals surface area contributed by atoms with Crippen molar-refractivity contribution in [2.75, 3.05) is 0 Å². The van der Waals surface area contributed by atoms with Crippen molar-refractivity contribution in [3.05, 3.63) is 52.7 Å². The van der Waals surface area contributed by atoms with Gasteiger partial charge in [0.05, 0.1) is 12.2 Å². The molecule has 0 bridgehead atoms.